The average molecular weight is 555 g/mol. The van der Waals surface area contributed by atoms with E-state index in [1.165, 1.54) is 0 Å². The molecule has 0 fully saturated rings. The van der Waals surface area contributed by atoms with Crippen LogP contribution in [0.15, 0.2) is 88.1 Å². The number of hydrogen-bond acceptors (Lipinski definition) is 6. The van der Waals surface area contributed by atoms with E-state index < -0.39 is 5.92 Å². The van der Waals surface area contributed by atoms with Crippen LogP contribution in [-0.2, 0) is 11.4 Å². The molecule has 37 heavy (non-hydrogen) atoms. The van der Waals surface area contributed by atoms with Crippen LogP contribution in [-0.4, -0.2) is 10.8 Å². The van der Waals surface area contributed by atoms with Crippen molar-refractivity contribution in [3.05, 3.63) is 110 Å². The summed E-state index contributed by atoms with van der Waals surface area (Å²) in [7, 11) is 0. The SMILES string of the molecule is Cc1cc(COc2ccc(Br)cc2)c(C)c(C2C(C#N)=C(N)N(c3cccnc3)C3=C2C(=O)CCC3)c1. The summed E-state index contributed by atoms with van der Waals surface area (Å²) in [6.07, 6.45) is 5.31. The molecule has 1 aliphatic heterocycles. The topological polar surface area (TPSA) is 92.2 Å². The molecule has 0 saturated heterocycles. The molecule has 1 aliphatic carbocycles. The number of nitriles is 1. The normalized spacial score (nSPS) is 17.5. The van der Waals surface area contributed by atoms with Gasteiger partial charge in [0.2, 0.25) is 0 Å². The van der Waals surface area contributed by atoms with Gasteiger partial charge in [-0.2, -0.15) is 5.26 Å². The number of ketones is 1. The highest BCUT2D eigenvalue weighted by Gasteiger charge is 2.41. The molecule has 2 N–H and O–H groups in total. The van der Waals surface area contributed by atoms with Crippen molar-refractivity contribution in [2.24, 2.45) is 5.73 Å². The lowest BCUT2D eigenvalue weighted by Crippen LogP contribution is -2.39. The first kappa shape index (κ1) is 24.8. The maximum atomic E-state index is 13.5. The number of allylic oxidation sites excluding steroid dienone is 3. The van der Waals surface area contributed by atoms with Gasteiger partial charge >= 0.3 is 0 Å². The highest BCUT2D eigenvalue weighted by Crippen LogP contribution is 2.47. The summed E-state index contributed by atoms with van der Waals surface area (Å²) in [5.74, 6) is 0.660. The highest BCUT2D eigenvalue weighted by molar-refractivity contribution is 9.10. The largest absolute Gasteiger partial charge is 0.489 e. The summed E-state index contributed by atoms with van der Waals surface area (Å²) in [5, 5.41) is 10.3. The van der Waals surface area contributed by atoms with Crippen LogP contribution in [0.5, 0.6) is 5.75 Å². The zero-order valence-electron chi connectivity index (χ0n) is 20.8. The fraction of sp³-hybridized carbons (Fsp3) is 0.233. The molecule has 2 aromatic carbocycles. The Hall–Kier alpha value is -3.89. The Balaban J connectivity index is 1.62. The molecule has 0 saturated carbocycles. The van der Waals surface area contributed by atoms with Crippen LogP contribution in [0.4, 0.5) is 5.69 Å². The van der Waals surface area contributed by atoms with Gasteiger partial charge in [-0.3, -0.25) is 14.7 Å². The first-order valence-electron chi connectivity index (χ1n) is 12.2. The van der Waals surface area contributed by atoms with Crippen molar-refractivity contribution in [2.45, 2.75) is 45.6 Å². The number of benzene rings is 2. The maximum Gasteiger partial charge on any atom is 0.161 e. The molecule has 1 aromatic heterocycles. The van der Waals surface area contributed by atoms with Gasteiger partial charge in [0.1, 0.15) is 18.2 Å². The smallest absolute Gasteiger partial charge is 0.161 e. The highest BCUT2D eigenvalue weighted by atomic mass is 79.9. The Morgan fingerprint density at radius 3 is 2.68 bits per heavy atom. The quantitative estimate of drug-likeness (QED) is 0.395. The van der Waals surface area contributed by atoms with Gasteiger partial charge in [-0.25, -0.2) is 0 Å². The van der Waals surface area contributed by atoms with Crippen molar-refractivity contribution in [3.8, 4) is 11.8 Å². The Bertz CT molecular complexity index is 1470. The zero-order chi connectivity index (χ0) is 26.1. The summed E-state index contributed by atoms with van der Waals surface area (Å²) in [4.78, 5) is 19.6. The summed E-state index contributed by atoms with van der Waals surface area (Å²) < 4.78 is 7.07. The number of carbonyl (C=O) groups excluding carboxylic acids is 1. The monoisotopic (exact) mass is 554 g/mol. The van der Waals surface area contributed by atoms with E-state index in [2.05, 4.69) is 39.1 Å². The molecule has 0 bridgehead atoms. The minimum atomic E-state index is -0.521. The van der Waals surface area contributed by atoms with Gasteiger partial charge in [-0.15, -0.1) is 0 Å². The number of carbonyl (C=O) groups is 1. The standard InChI is InChI=1S/C30H27BrN4O2/c1-18-13-20(17-37-23-10-8-21(31)9-11-23)19(2)24(14-18)28-25(15-32)30(33)35(22-5-4-12-34-16-22)26-6-3-7-27(36)29(26)28/h4-5,8-14,16,28H,3,6-7,17,33H2,1-2H3. The van der Waals surface area contributed by atoms with Crippen molar-refractivity contribution in [1.29, 1.82) is 5.26 Å². The lowest BCUT2D eigenvalue weighted by molar-refractivity contribution is -0.116. The molecule has 6 nitrogen and oxygen atoms in total. The van der Waals surface area contributed by atoms with Crippen molar-refractivity contribution in [1.82, 2.24) is 4.98 Å². The van der Waals surface area contributed by atoms with E-state index in [0.717, 1.165) is 50.3 Å². The number of nitrogens with zero attached hydrogens (tertiary/aromatic N) is 3. The van der Waals surface area contributed by atoms with E-state index >= 15 is 0 Å². The van der Waals surface area contributed by atoms with E-state index in [1.807, 2.05) is 55.1 Å². The second-order valence-corrected chi connectivity index (χ2v) is 10.3. The molecular formula is C30H27BrN4O2. The van der Waals surface area contributed by atoms with Gasteiger partial charge in [0.15, 0.2) is 5.78 Å². The average Bonchev–Trinajstić information content (AvgIpc) is 2.90. The van der Waals surface area contributed by atoms with E-state index in [0.29, 0.717) is 36.4 Å². The molecule has 0 spiro atoms. The van der Waals surface area contributed by atoms with Gasteiger partial charge in [-0.1, -0.05) is 33.6 Å². The Labute approximate surface area is 225 Å². The van der Waals surface area contributed by atoms with Crippen LogP contribution in [0, 0.1) is 25.2 Å². The van der Waals surface area contributed by atoms with Crippen LogP contribution in [0.3, 0.4) is 0 Å². The summed E-state index contributed by atoms with van der Waals surface area (Å²) in [6.45, 7) is 4.42. The number of hydrogen-bond donors (Lipinski definition) is 1. The number of pyridine rings is 1. The predicted molar refractivity (Wildman–Crippen MR) is 147 cm³/mol. The molecule has 3 aromatic rings. The Kier molecular flexibility index (Phi) is 6.86. The minimum Gasteiger partial charge on any atom is -0.489 e. The lowest BCUT2D eigenvalue weighted by atomic mass is 9.73. The first-order chi connectivity index (χ1) is 17.9. The van der Waals surface area contributed by atoms with Crippen LogP contribution in [0.2, 0.25) is 0 Å². The van der Waals surface area contributed by atoms with Gasteiger partial charge in [-0.05, 0) is 79.8 Å². The number of ether oxygens (including phenoxy) is 1. The summed E-state index contributed by atoms with van der Waals surface area (Å²) in [5.41, 5.74) is 13.3. The second-order valence-electron chi connectivity index (χ2n) is 9.41. The molecule has 186 valence electrons. The lowest BCUT2D eigenvalue weighted by Gasteiger charge is -2.40. The van der Waals surface area contributed by atoms with Gasteiger partial charge in [0.05, 0.1) is 29.4 Å². The molecule has 2 aliphatic rings. The van der Waals surface area contributed by atoms with Crippen LogP contribution in [0.1, 0.15) is 47.4 Å². The number of halogens is 1. The Morgan fingerprint density at radius 2 is 1.97 bits per heavy atom. The fourth-order valence-corrected chi connectivity index (χ4v) is 5.55. The number of anilines is 1. The minimum absolute atomic E-state index is 0.0639. The molecule has 7 heteroatoms. The van der Waals surface area contributed by atoms with Gasteiger partial charge in [0.25, 0.3) is 0 Å². The fourth-order valence-electron chi connectivity index (χ4n) is 5.28. The van der Waals surface area contributed by atoms with Gasteiger partial charge < -0.3 is 10.5 Å². The molecule has 1 unspecified atom stereocenters. The maximum absolute atomic E-state index is 13.5. The van der Waals surface area contributed by atoms with Gasteiger partial charge in [0, 0.05) is 28.4 Å². The summed E-state index contributed by atoms with van der Waals surface area (Å²) in [6, 6.07) is 18.0. The number of nitrogens with two attached hydrogens (primary N) is 1. The molecule has 1 atom stereocenters. The molecular weight excluding hydrogens is 528 g/mol. The van der Waals surface area contributed by atoms with Crippen molar-refractivity contribution >= 4 is 27.4 Å². The number of Topliss-reactive ketones (excluding diaryl/α,β-unsaturated/α-hetero) is 1. The van der Waals surface area contributed by atoms with E-state index in [4.69, 9.17) is 10.5 Å². The number of aryl methyl sites for hydroxylation is 1. The van der Waals surface area contributed by atoms with E-state index in [-0.39, 0.29) is 5.78 Å². The number of rotatable bonds is 5. The third kappa shape index (κ3) is 4.65. The summed E-state index contributed by atoms with van der Waals surface area (Å²) >= 11 is 3.45. The molecule has 2 heterocycles. The Morgan fingerprint density at radius 1 is 1.19 bits per heavy atom. The zero-order valence-corrected chi connectivity index (χ0v) is 22.4. The van der Waals surface area contributed by atoms with Crippen molar-refractivity contribution in [3.63, 3.8) is 0 Å². The molecule has 5 rings (SSSR count). The first-order valence-corrected chi connectivity index (χ1v) is 13.0. The van der Waals surface area contributed by atoms with Crippen molar-refractivity contribution in [2.75, 3.05) is 4.90 Å². The van der Waals surface area contributed by atoms with Crippen LogP contribution < -0.4 is 15.4 Å². The molecule has 0 radical (unpaired) electrons. The van der Waals surface area contributed by atoms with E-state index in [1.54, 1.807) is 12.4 Å². The molecule has 0 amide bonds. The second kappa shape index (κ2) is 10.2. The van der Waals surface area contributed by atoms with Crippen LogP contribution in [0.25, 0.3) is 0 Å². The third-order valence-corrected chi connectivity index (χ3v) is 7.56. The predicted octanol–water partition coefficient (Wildman–Crippen LogP) is 6.34. The van der Waals surface area contributed by atoms with E-state index in [9.17, 15) is 10.1 Å². The van der Waals surface area contributed by atoms with Crippen molar-refractivity contribution < 1.29 is 9.53 Å². The third-order valence-electron chi connectivity index (χ3n) is 7.04. The number of aromatic nitrogens is 1. The van der Waals surface area contributed by atoms with Crippen LogP contribution >= 0.6 is 15.9 Å².